The van der Waals surface area contributed by atoms with Crippen molar-refractivity contribution < 1.29 is 9.47 Å². The molecule has 0 aromatic rings. The minimum Gasteiger partial charge on any atom is -0.355 e. The highest BCUT2D eigenvalue weighted by atomic mass is 32.1. The third kappa shape index (κ3) is 10.3. The van der Waals surface area contributed by atoms with Gasteiger partial charge in [0, 0.05) is 19.0 Å². The molecule has 0 rings (SSSR count). The van der Waals surface area contributed by atoms with Gasteiger partial charge in [-0.3, -0.25) is 0 Å². The molecule has 0 saturated carbocycles. The Hall–Kier alpha value is 0.270. The number of hydrogen-bond donors (Lipinski definition) is 0. The van der Waals surface area contributed by atoms with E-state index >= 15 is 0 Å². The van der Waals surface area contributed by atoms with Gasteiger partial charge in [-0.2, -0.15) is 0 Å². The third-order valence-corrected chi connectivity index (χ3v) is 1.78. The van der Waals surface area contributed by atoms with E-state index in [0.717, 1.165) is 38.2 Å². The fourth-order valence-corrected chi connectivity index (χ4v) is 0.933. The Morgan fingerprint density at radius 1 is 1.00 bits per heavy atom. The van der Waals surface area contributed by atoms with Crippen molar-refractivity contribution in [3.8, 4) is 0 Å². The predicted octanol–water partition coefficient (Wildman–Crippen LogP) is 2.75. The van der Waals surface area contributed by atoms with Gasteiger partial charge in [-0.05, 0) is 19.3 Å². The summed E-state index contributed by atoms with van der Waals surface area (Å²) < 4.78 is 10.4. The van der Waals surface area contributed by atoms with E-state index in [1.165, 1.54) is 6.42 Å². The summed E-state index contributed by atoms with van der Waals surface area (Å²) in [5, 5.41) is 0. The van der Waals surface area contributed by atoms with Gasteiger partial charge < -0.3 is 9.47 Å². The van der Waals surface area contributed by atoms with Gasteiger partial charge in [-0.1, -0.05) is 26.0 Å². The fraction of sp³-hybridized carbons (Fsp3) is 1.00. The monoisotopic (exact) mass is 191 g/mol. The smallest absolute Gasteiger partial charge is 0.146 e. The minimum absolute atomic E-state index is 0.442. The van der Waals surface area contributed by atoms with Crippen LogP contribution in [0.3, 0.4) is 0 Å². The zero-order valence-electron chi connectivity index (χ0n) is 7.88. The van der Waals surface area contributed by atoms with E-state index < -0.39 is 0 Å². The molecule has 0 aliphatic heterocycles. The van der Waals surface area contributed by atoms with E-state index in [1.54, 1.807) is 0 Å². The standard InChI is InChI=1S/C9H19O2S/c1-2-3-6-10-9-11-7-4-5-8-12/h2-9H2,1H3. The van der Waals surface area contributed by atoms with Gasteiger partial charge >= 0.3 is 0 Å². The largest absolute Gasteiger partial charge is 0.355 e. The summed E-state index contributed by atoms with van der Waals surface area (Å²) >= 11 is 4.80. The number of rotatable bonds is 9. The quantitative estimate of drug-likeness (QED) is 0.412. The molecular weight excluding hydrogens is 172 g/mol. The van der Waals surface area contributed by atoms with Crippen LogP contribution in [0.5, 0.6) is 0 Å². The minimum atomic E-state index is 0.442. The summed E-state index contributed by atoms with van der Waals surface area (Å²) in [6.45, 7) is 4.19. The van der Waals surface area contributed by atoms with Crippen LogP contribution in [0.25, 0.3) is 0 Å². The van der Waals surface area contributed by atoms with E-state index in [0.29, 0.717) is 6.79 Å². The molecule has 3 heteroatoms. The summed E-state index contributed by atoms with van der Waals surface area (Å²) in [7, 11) is 0. The maximum absolute atomic E-state index is 5.21. The van der Waals surface area contributed by atoms with Gasteiger partial charge in [0.2, 0.25) is 0 Å². The van der Waals surface area contributed by atoms with Gasteiger partial charge in [-0.15, -0.1) is 0 Å². The van der Waals surface area contributed by atoms with E-state index in [4.69, 9.17) is 22.1 Å². The summed E-state index contributed by atoms with van der Waals surface area (Å²) in [5.41, 5.74) is 0. The molecule has 0 atom stereocenters. The molecular formula is C9H19O2S. The molecule has 0 aromatic heterocycles. The van der Waals surface area contributed by atoms with Crippen LogP contribution in [0.1, 0.15) is 32.6 Å². The lowest BCUT2D eigenvalue weighted by Crippen LogP contribution is -2.02. The zero-order chi connectivity index (χ0) is 9.07. The Balaban J connectivity index is 2.73. The fourth-order valence-electron chi connectivity index (χ4n) is 0.729. The highest BCUT2D eigenvalue weighted by Crippen LogP contribution is 1.93. The SMILES string of the molecule is CCCCOCOCCCC[S]. The summed E-state index contributed by atoms with van der Waals surface area (Å²) in [6.07, 6.45) is 4.43. The zero-order valence-corrected chi connectivity index (χ0v) is 8.70. The lowest BCUT2D eigenvalue weighted by molar-refractivity contribution is -0.0549. The molecule has 0 fully saturated rings. The average Bonchev–Trinajstić information content (AvgIpc) is 2.10. The van der Waals surface area contributed by atoms with Gasteiger partial charge in [-0.25, -0.2) is 0 Å². The first-order valence-corrected chi connectivity index (χ1v) is 5.23. The van der Waals surface area contributed by atoms with Gasteiger partial charge in [0.15, 0.2) is 0 Å². The van der Waals surface area contributed by atoms with Crippen LogP contribution in [-0.4, -0.2) is 25.8 Å². The highest BCUT2D eigenvalue weighted by Gasteiger charge is 1.88. The second-order valence-corrected chi connectivity index (χ2v) is 3.11. The Morgan fingerprint density at radius 3 is 2.25 bits per heavy atom. The van der Waals surface area contributed by atoms with Crippen LogP contribution in [0, 0.1) is 0 Å². The molecule has 0 bridgehead atoms. The van der Waals surface area contributed by atoms with Crippen LogP contribution in [0.2, 0.25) is 0 Å². The molecule has 0 aliphatic rings. The van der Waals surface area contributed by atoms with Crippen LogP contribution < -0.4 is 0 Å². The van der Waals surface area contributed by atoms with E-state index in [2.05, 4.69) is 6.92 Å². The summed E-state index contributed by atoms with van der Waals surface area (Å²) in [5.74, 6) is 0.833. The molecule has 12 heavy (non-hydrogen) atoms. The predicted molar refractivity (Wildman–Crippen MR) is 53.4 cm³/mol. The van der Waals surface area contributed by atoms with E-state index in [-0.39, 0.29) is 0 Å². The second kappa shape index (κ2) is 11.3. The molecule has 2 nitrogen and oxygen atoms in total. The van der Waals surface area contributed by atoms with Crippen molar-refractivity contribution in [2.45, 2.75) is 32.6 Å². The number of ether oxygens (including phenoxy) is 2. The Kier molecular flexibility index (Phi) is 11.5. The highest BCUT2D eigenvalue weighted by molar-refractivity contribution is 7.80. The summed E-state index contributed by atoms with van der Waals surface area (Å²) in [6, 6.07) is 0. The van der Waals surface area contributed by atoms with Crippen molar-refractivity contribution in [3.05, 3.63) is 0 Å². The van der Waals surface area contributed by atoms with Crippen LogP contribution in [-0.2, 0) is 9.47 Å². The molecule has 0 aliphatic carbocycles. The van der Waals surface area contributed by atoms with Crippen LogP contribution in [0.4, 0.5) is 0 Å². The molecule has 0 N–H and O–H groups in total. The van der Waals surface area contributed by atoms with Crippen LogP contribution in [0.15, 0.2) is 0 Å². The average molecular weight is 191 g/mol. The molecule has 1 radical (unpaired) electrons. The number of unbranched alkanes of at least 4 members (excludes halogenated alkanes) is 2. The van der Waals surface area contributed by atoms with Gasteiger partial charge in [0.05, 0.1) is 0 Å². The topological polar surface area (TPSA) is 18.5 Å². The lowest BCUT2D eigenvalue weighted by Gasteiger charge is -2.03. The first kappa shape index (κ1) is 12.3. The van der Waals surface area contributed by atoms with Crippen LogP contribution >= 0.6 is 12.6 Å². The van der Waals surface area contributed by atoms with E-state index in [9.17, 15) is 0 Å². The Bertz CT molecular complexity index is 68.9. The van der Waals surface area contributed by atoms with Gasteiger partial charge in [0.1, 0.15) is 6.79 Å². The maximum atomic E-state index is 5.21. The molecule has 0 spiro atoms. The molecule has 0 heterocycles. The molecule has 0 amide bonds. The third-order valence-electron chi connectivity index (χ3n) is 1.49. The normalized spacial score (nSPS) is 10.5. The van der Waals surface area contributed by atoms with Gasteiger partial charge in [0.25, 0.3) is 0 Å². The molecule has 73 valence electrons. The van der Waals surface area contributed by atoms with Crippen molar-refractivity contribution in [2.75, 3.05) is 25.8 Å². The molecule has 0 aromatic carbocycles. The number of hydrogen-bond acceptors (Lipinski definition) is 2. The lowest BCUT2D eigenvalue weighted by atomic mass is 10.4. The second-order valence-electron chi connectivity index (χ2n) is 2.70. The van der Waals surface area contributed by atoms with Crippen molar-refractivity contribution in [2.24, 2.45) is 0 Å². The molecule has 0 unspecified atom stereocenters. The first-order valence-electron chi connectivity index (χ1n) is 4.65. The Labute approximate surface area is 81.0 Å². The maximum Gasteiger partial charge on any atom is 0.146 e. The van der Waals surface area contributed by atoms with Crippen molar-refractivity contribution in [1.29, 1.82) is 0 Å². The summed E-state index contributed by atoms with van der Waals surface area (Å²) in [4.78, 5) is 0. The van der Waals surface area contributed by atoms with Crippen molar-refractivity contribution >= 4 is 12.6 Å². The van der Waals surface area contributed by atoms with Crippen molar-refractivity contribution in [3.63, 3.8) is 0 Å². The Morgan fingerprint density at radius 2 is 1.67 bits per heavy atom. The van der Waals surface area contributed by atoms with Crippen molar-refractivity contribution in [1.82, 2.24) is 0 Å². The molecule has 0 saturated heterocycles. The first-order chi connectivity index (χ1) is 5.91. The van der Waals surface area contributed by atoms with E-state index in [1.807, 2.05) is 0 Å².